The number of ether oxygens (including phenoxy) is 2. The van der Waals surface area contributed by atoms with Gasteiger partial charge in [0.2, 0.25) is 0 Å². The van der Waals surface area contributed by atoms with E-state index in [1.54, 1.807) is 0 Å². The lowest BCUT2D eigenvalue weighted by atomic mass is 9.79. The molecule has 0 heterocycles. The maximum absolute atomic E-state index is 13.3. The molecule has 6 nitrogen and oxygen atoms in total. The molecule has 0 unspecified atom stereocenters. The minimum Gasteiger partial charge on any atom is -0.480 e. The van der Waals surface area contributed by atoms with Crippen molar-refractivity contribution in [3.05, 3.63) is 83.9 Å². The van der Waals surface area contributed by atoms with Crippen molar-refractivity contribution >= 4 is 17.9 Å². The fraction of sp³-hybridized carbons (Fsp3) is 0.564. The number of unbranched alkanes of at least 4 members (excludes halogenated alkanes) is 13. The third-order valence-electron chi connectivity index (χ3n) is 8.35. The summed E-state index contributed by atoms with van der Waals surface area (Å²) in [6, 6.07) is 19.1. The molecule has 0 aliphatic heterocycles. The Balaban J connectivity index is 1.74. The van der Waals surface area contributed by atoms with Gasteiger partial charge < -0.3 is 14.6 Å². The third kappa shape index (κ3) is 16.5. The number of allylic oxidation sites excluding steroid dienone is 2. The Morgan fingerprint density at radius 2 is 1.16 bits per heavy atom. The predicted octanol–water partition coefficient (Wildman–Crippen LogP) is 10.1. The van der Waals surface area contributed by atoms with Crippen molar-refractivity contribution in [2.75, 3.05) is 0 Å². The molecule has 248 valence electrons. The van der Waals surface area contributed by atoms with Crippen LogP contribution in [0.15, 0.2) is 72.8 Å². The normalized spacial score (nSPS) is 12.6. The molecule has 1 atom stereocenters. The molecule has 1 N–H and O–H groups in total. The first-order valence-corrected chi connectivity index (χ1v) is 17.3. The number of esters is 2. The monoisotopic (exact) mass is 620 g/mol. The van der Waals surface area contributed by atoms with Gasteiger partial charge in [-0.1, -0.05) is 157 Å². The van der Waals surface area contributed by atoms with E-state index in [9.17, 15) is 19.5 Å². The van der Waals surface area contributed by atoms with Gasteiger partial charge in [-0.25, -0.2) is 0 Å². The van der Waals surface area contributed by atoms with Gasteiger partial charge in [-0.3, -0.25) is 14.4 Å². The highest BCUT2D eigenvalue weighted by Crippen LogP contribution is 2.33. The SMILES string of the molecule is CCCCCCCCCCC[C@@](CC=CCCCCCCCC(=O)OCc1ccccc1)(C(=O)O)C(=O)OCc1ccccc1. The second kappa shape index (κ2) is 23.9. The smallest absolute Gasteiger partial charge is 0.324 e. The highest BCUT2D eigenvalue weighted by atomic mass is 16.5. The summed E-state index contributed by atoms with van der Waals surface area (Å²) < 4.78 is 10.9. The van der Waals surface area contributed by atoms with Crippen molar-refractivity contribution in [3.63, 3.8) is 0 Å². The molecule has 45 heavy (non-hydrogen) atoms. The lowest BCUT2D eigenvalue weighted by Crippen LogP contribution is -2.40. The molecule has 6 heteroatoms. The zero-order valence-electron chi connectivity index (χ0n) is 27.6. The molecule has 0 saturated heterocycles. The Bertz CT molecular complexity index is 1100. The van der Waals surface area contributed by atoms with E-state index in [0.717, 1.165) is 68.9 Å². The van der Waals surface area contributed by atoms with Gasteiger partial charge in [0.05, 0.1) is 0 Å². The van der Waals surface area contributed by atoms with Crippen LogP contribution >= 0.6 is 0 Å². The number of rotatable bonds is 26. The number of aliphatic carboxylic acids is 1. The minimum atomic E-state index is -1.57. The number of carboxylic acids is 1. The summed E-state index contributed by atoms with van der Waals surface area (Å²) in [5, 5.41) is 10.3. The van der Waals surface area contributed by atoms with Crippen molar-refractivity contribution < 1.29 is 29.0 Å². The predicted molar refractivity (Wildman–Crippen MR) is 180 cm³/mol. The lowest BCUT2D eigenvalue weighted by molar-refractivity contribution is -0.170. The van der Waals surface area contributed by atoms with Crippen LogP contribution in [0.25, 0.3) is 0 Å². The molecule has 0 fully saturated rings. The molecule has 0 saturated carbocycles. The van der Waals surface area contributed by atoms with Gasteiger partial charge in [-0.15, -0.1) is 0 Å². The Morgan fingerprint density at radius 3 is 1.73 bits per heavy atom. The number of carbonyl (C=O) groups is 3. The van der Waals surface area contributed by atoms with Gasteiger partial charge in [-0.2, -0.15) is 0 Å². The Hall–Kier alpha value is -3.41. The van der Waals surface area contributed by atoms with Crippen LogP contribution in [-0.2, 0) is 37.1 Å². The van der Waals surface area contributed by atoms with Crippen LogP contribution in [0.2, 0.25) is 0 Å². The van der Waals surface area contributed by atoms with Crippen LogP contribution in [0.3, 0.4) is 0 Å². The average molecular weight is 621 g/mol. The van der Waals surface area contributed by atoms with Gasteiger partial charge in [0.25, 0.3) is 0 Å². The van der Waals surface area contributed by atoms with E-state index in [4.69, 9.17) is 9.47 Å². The second-order valence-electron chi connectivity index (χ2n) is 12.2. The Kier molecular flexibility index (Phi) is 20.1. The van der Waals surface area contributed by atoms with Crippen LogP contribution in [0, 0.1) is 5.41 Å². The maximum atomic E-state index is 13.3. The standard InChI is InChI=1S/C39H56O6/c1-2-3-4-5-6-8-11-14-23-30-39(37(41)42,38(43)45-33-35-27-20-17-21-28-35)31-24-15-12-9-7-10-13-22-29-36(40)44-32-34-25-18-16-19-26-34/h15-21,24-28H,2-14,22-23,29-33H2,1H3,(H,41,42)/t39-/m1/s1. The van der Waals surface area contributed by atoms with Crippen LogP contribution < -0.4 is 0 Å². The van der Waals surface area contributed by atoms with Crippen molar-refractivity contribution in [2.24, 2.45) is 5.41 Å². The van der Waals surface area contributed by atoms with Crippen LogP contribution in [0.1, 0.15) is 134 Å². The first-order chi connectivity index (χ1) is 22.0. The summed E-state index contributed by atoms with van der Waals surface area (Å²) in [5.74, 6) is -1.91. The zero-order valence-corrected chi connectivity index (χ0v) is 27.6. The number of benzene rings is 2. The van der Waals surface area contributed by atoms with Crippen LogP contribution in [-0.4, -0.2) is 23.0 Å². The molecule has 0 amide bonds. The Morgan fingerprint density at radius 1 is 0.644 bits per heavy atom. The average Bonchev–Trinajstić information content (AvgIpc) is 3.06. The van der Waals surface area contributed by atoms with Crippen LogP contribution in [0.4, 0.5) is 0 Å². The molecule has 2 aromatic carbocycles. The summed E-state index contributed by atoms with van der Waals surface area (Å²) in [4.78, 5) is 37.9. The maximum Gasteiger partial charge on any atom is 0.324 e. The van der Waals surface area contributed by atoms with Crippen molar-refractivity contribution in [2.45, 2.75) is 136 Å². The number of hydrogen-bond acceptors (Lipinski definition) is 5. The number of carboxylic acid groups (broad SMARTS) is 1. The van der Waals surface area contributed by atoms with Gasteiger partial charge in [0, 0.05) is 6.42 Å². The van der Waals surface area contributed by atoms with E-state index >= 15 is 0 Å². The van der Waals surface area contributed by atoms with Gasteiger partial charge in [-0.05, 0) is 43.2 Å². The molecular formula is C39H56O6. The van der Waals surface area contributed by atoms with Gasteiger partial charge >= 0.3 is 17.9 Å². The zero-order chi connectivity index (χ0) is 32.4. The van der Waals surface area contributed by atoms with Gasteiger partial charge in [0.1, 0.15) is 13.2 Å². The third-order valence-corrected chi connectivity index (χ3v) is 8.35. The topological polar surface area (TPSA) is 89.9 Å². The molecule has 0 aromatic heterocycles. The first-order valence-electron chi connectivity index (χ1n) is 17.3. The van der Waals surface area contributed by atoms with Crippen LogP contribution in [0.5, 0.6) is 0 Å². The van der Waals surface area contributed by atoms with E-state index in [0.29, 0.717) is 19.4 Å². The molecule has 2 aromatic rings. The molecule has 0 aliphatic rings. The summed E-state index contributed by atoms with van der Waals surface area (Å²) >= 11 is 0. The number of hydrogen-bond donors (Lipinski definition) is 1. The fourth-order valence-electron chi connectivity index (χ4n) is 5.44. The van der Waals surface area contributed by atoms with E-state index < -0.39 is 17.4 Å². The van der Waals surface area contributed by atoms with Gasteiger partial charge in [0.15, 0.2) is 5.41 Å². The first kappa shape index (κ1) is 37.8. The Labute approximate surface area is 271 Å². The highest BCUT2D eigenvalue weighted by Gasteiger charge is 2.46. The van der Waals surface area contributed by atoms with E-state index in [1.807, 2.05) is 72.8 Å². The quantitative estimate of drug-likeness (QED) is 0.0487. The van der Waals surface area contributed by atoms with Crippen molar-refractivity contribution in [1.29, 1.82) is 0 Å². The van der Waals surface area contributed by atoms with E-state index in [-0.39, 0.29) is 25.4 Å². The minimum absolute atomic E-state index is 0.0704. The second-order valence-corrected chi connectivity index (χ2v) is 12.2. The molecule has 0 bridgehead atoms. The summed E-state index contributed by atoms with van der Waals surface area (Å²) in [5.41, 5.74) is 0.265. The molecule has 0 aliphatic carbocycles. The summed E-state index contributed by atoms with van der Waals surface area (Å²) in [6.45, 7) is 2.61. The largest absolute Gasteiger partial charge is 0.480 e. The molecule has 0 radical (unpaired) electrons. The molecular weight excluding hydrogens is 564 g/mol. The molecule has 2 rings (SSSR count). The van der Waals surface area contributed by atoms with E-state index in [2.05, 4.69) is 6.92 Å². The molecule has 0 spiro atoms. The van der Waals surface area contributed by atoms with Crippen molar-refractivity contribution in [3.8, 4) is 0 Å². The number of carbonyl (C=O) groups excluding carboxylic acids is 2. The fourth-order valence-corrected chi connectivity index (χ4v) is 5.44. The van der Waals surface area contributed by atoms with Crippen molar-refractivity contribution in [1.82, 2.24) is 0 Å². The summed E-state index contributed by atoms with van der Waals surface area (Å²) in [7, 11) is 0. The summed E-state index contributed by atoms with van der Waals surface area (Å²) in [6.07, 6.45) is 20.5. The lowest BCUT2D eigenvalue weighted by Gasteiger charge is -2.26. The highest BCUT2D eigenvalue weighted by molar-refractivity contribution is 5.99. The van der Waals surface area contributed by atoms with E-state index in [1.165, 1.54) is 32.1 Å².